The van der Waals surface area contributed by atoms with Crippen molar-refractivity contribution in [3.63, 3.8) is 0 Å². The van der Waals surface area contributed by atoms with Gasteiger partial charge in [-0.2, -0.15) is 4.31 Å². The summed E-state index contributed by atoms with van der Waals surface area (Å²) in [5, 5.41) is 0.0738. The van der Waals surface area contributed by atoms with Gasteiger partial charge in [0.25, 0.3) is 0 Å². The van der Waals surface area contributed by atoms with Gasteiger partial charge >= 0.3 is 6.09 Å². The first kappa shape index (κ1) is 27.3. The van der Waals surface area contributed by atoms with Crippen LogP contribution in [0, 0.1) is 11.7 Å². The van der Waals surface area contributed by atoms with Gasteiger partial charge in [0.2, 0.25) is 0 Å². The van der Waals surface area contributed by atoms with E-state index < -0.39 is 23.3 Å². The van der Waals surface area contributed by atoms with Crippen molar-refractivity contribution >= 4 is 58.9 Å². The predicted molar refractivity (Wildman–Crippen MR) is 136 cm³/mol. The molecule has 3 rings (SSSR count). The quantitative estimate of drug-likeness (QED) is 0.223. The number of thioether (sulfide) groups is 1. The number of halogens is 4. The first-order chi connectivity index (χ1) is 16.4. The van der Waals surface area contributed by atoms with Crippen LogP contribution in [0.2, 0.25) is 5.15 Å². The van der Waals surface area contributed by atoms with Gasteiger partial charge in [-0.1, -0.05) is 36.4 Å². The Balaban J connectivity index is 1.78. The summed E-state index contributed by atoms with van der Waals surface area (Å²) < 4.78 is 49.0. The van der Waals surface area contributed by atoms with Crippen LogP contribution in [-0.2, 0) is 4.74 Å². The molecule has 0 bridgehead atoms. The number of aliphatic imine (C=N–C) groups is 1. The van der Waals surface area contributed by atoms with Crippen molar-refractivity contribution in [2.75, 3.05) is 7.05 Å². The molecule has 2 aromatic rings. The van der Waals surface area contributed by atoms with E-state index in [1.54, 1.807) is 26.8 Å². The maximum atomic E-state index is 14.7. The van der Waals surface area contributed by atoms with E-state index in [4.69, 9.17) is 16.3 Å². The van der Waals surface area contributed by atoms with Gasteiger partial charge in [0.05, 0.1) is 12.4 Å². The number of amides is 1. The number of rotatable bonds is 5. The summed E-state index contributed by atoms with van der Waals surface area (Å²) in [5.41, 5.74) is 0.0280. The van der Waals surface area contributed by atoms with Gasteiger partial charge in [-0.25, -0.2) is 23.5 Å². The number of nitrogens with zero attached hydrogens (tertiary/aromatic N) is 4. The van der Waals surface area contributed by atoms with Crippen LogP contribution < -0.4 is 0 Å². The molecule has 12 heteroatoms. The van der Waals surface area contributed by atoms with Crippen molar-refractivity contribution in [3.8, 4) is 0 Å². The fourth-order valence-corrected chi connectivity index (χ4v) is 5.28. The lowest BCUT2D eigenvalue weighted by molar-refractivity contribution is 0.0474. The Morgan fingerprint density at radius 1 is 1.29 bits per heavy atom. The Kier molecular flexibility index (Phi) is 8.76. The Bertz CT molecular complexity index is 1140. The molecule has 1 aliphatic carbocycles. The number of hydrogen-bond acceptors (Lipinski definition) is 7. The van der Waals surface area contributed by atoms with E-state index in [9.17, 15) is 17.5 Å². The minimum absolute atomic E-state index is 0.00237. The molecule has 3 atom stereocenters. The standard InChI is InChI=1S/C23H24ClF3N4O2S2/c1-12-19(20(12)34-21(28-5)31(35-27)22(32)33-23(2,3)4)14-8-13(6-7-15(14)25)9-16(26)17-10-30-18(24)11-29-17/h6-12,19-20H,1-5H3/b16-9-,28-21-/t12-,19?,20?/m0/s1. The molecule has 0 aliphatic heterocycles. The molecule has 0 radical (unpaired) electrons. The topological polar surface area (TPSA) is 67.7 Å². The highest BCUT2D eigenvalue weighted by Crippen LogP contribution is 2.56. The van der Waals surface area contributed by atoms with Gasteiger partial charge in [-0.05, 0) is 56.0 Å². The maximum Gasteiger partial charge on any atom is 0.428 e. The van der Waals surface area contributed by atoms with E-state index >= 15 is 0 Å². The van der Waals surface area contributed by atoms with Gasteiger partial charge < -0.3 is 4.74 Å². The van der Waals surface area contributed by atoms with E-state index in [-0.39, 0.29) is 45.4 Å². The summed E-state index contributed by atoms with van der Waals surface area (Å²) in [7, 11) is 1.44. The van der Waals surface area contributed by atoms with Crippen molar-refractivity contribution in [2.45, 2.75) is 44.5 Å². The lowest BCUT2D eigenvalue weighted by Gasteiger charge is -2.24. The summed E-state index contributed by atoms with van der Waals surface area (Å²) in [6.07, 6.45) is 2.79. The largest absolute Gasteiger partial charge is 0.443 e. The zero-order chi connectivity index (χ0) is 25.9. The van der Waals surface area contributed by atoms with Gasteiger partial charge in [0.1, 0.15) is 22.3 Å². The van der Waals surface area contributed by atoms with Crippen LogP contribution in [0.4, 0.5) is 17.5 Å². The van der Waals surface area contributed by atoms with Gasteiger partial charge in [0.15, 0.2) is 23.3 Å². The second-order valence-corrected chi connectivity index (χ2v) is 10.9. The number of aromatic nitrogens is 2. The number of carbonyl (C=O) groups is 1. The molecule has 1 fully saturated rings. The Morgan fingerprint density at radius 2 is 2.00 bits per heavy atom. The van der Waals surface area contributed by atoms with Gasteiger partial charge in [0, 0.05) is 18.2 Å². The average Bonchev–Trinajstić information content (AvgIpc) is 3.42. The third-order valence-electron chi connectivity index (χ3n) is 5.07. The van der Waals surface area contributed by atoms with Gasteiger partial charge in [-0.15, -0.1) is 3.89 Å². The van der Waals surface area contributed by atoms with Gasteiger partial charge in [-0.3, -0.25) is 4.99 Å². The number of hydrogen-bond donors (Lipinski definition) is 0. The van der Waals surface area contributed by atoms with Crippen LogP contribution in [0.15, 0.2) is 35.6 Å². The molecule has 1 saturated carbocycles. The van der Waals surface area contributed by atoms with Crippen molar-refractivity contribution < 1.29 is 22.2 Å². The lowest BCUT2D eigenvalue weighted by atomic mass is 10.0. The molecular weight excluding hydrogens is 521 g/mol. The molecule has 0 spiro atoms. The van der Waals surface area contributed by atoms with E-state index in [2.05, 4.69) is 15.0 Å². The number of ether oxygens (including phenoxy) is 1. The number of benzene rings is 1. The Morgan fingerprint density at radius 3 is 2.57 bits per heavy atom. The second-order valence-electron chi connectivity index (χ2n) is 8.81. The van der Waals surface area contributed by atoms with Crippen molar-refractivity contribution in [1.82, 2.24) is 14.3 Å². The summed E-state index contributed by atoms with van der Waals surface area (Å²) in [5.74, 6) is -1.32. The number of amidine groups is 1. The molecule has 188 valence electrons. The summed E-state index contributed by atoms with van der Waals surface area (Å²) >= 11 is 6.54. The molecule has 2 unspecified atom stereocenters. The van der Waals surface area contributed by atoms with Crippen LogP contribution in [0.25, 0.3) is 11.9 Å². The van der Waals surface area contributed by atoms with Crippen LogP contribution in [-0.4, -0.2) is 43.4 Å². The summed E-state index contributed by atoms with van der Waals surface area (Å²) in [6.45, 7) is 6.94. The highest BCUT2D eigenvalue weighted by Gasteiger charge is 2.51. The fourth-order valence-electron chi connectivity index (χ4n) is 3.38. The van der Waals surface area contributed by atoms with Crippen molar-refractivity contribution in [2.24, 2.45) is 10.9 Å². The minimum atomic E-state index is -0.887. The zero-order valence-corrected chi connectivity index (χ0v) is 22.0. The minimum Gasteiger partial charge on any atom is -0.443 e. The average molecular weight is 545 g/mol. The highest BCUT2D eigenvalue weighted by molar-refractivity contribution is 8.15. The second kappa shape index (κ2) is 11.2. The SMILES string of the molecule is C/N=C(\SC1C(c2cc(/C=C(\F)c3cnc(Cl)cn3)ccc2F)[C@@H]1C)N(SF)C(=O)OC(C)(C)C. The molecule has 6 nitrogen and oxygen atoms in total. The summed E-state index contributed by atoms with van der Waals surface area (Å²) in [6, 6.07) is 4.30. The molecule has 0 saturated heterocycles. The van der Waals surface area contributed by atoms with Crippen LogP contribution >= 0.6 is 35.7 Å². The van der Waals surface area contributed by atoms with E-state index in [1.807, 2.05) is 6.92 Å². The fraction of sp³-hybridized carbons (Fsp3) is 0.391. The molecule has 1 heterocycles. The molecule has 0 N–H and O–H groups in total. The normalized spacial score (nSPS) is 20.5. The lowest BCUT2D eigenvalue weighted by Crippen LogP contribution is -2.35. The third-order valence-corrected chi connectivity index (χ3v) is 7.41. The molecule has 1 aromatic heterocycles. The predicted octanol–water partition coefficient (Wildman–Crippen LogP) is 7.33. The van der Waals surface area contributed by atoms with E-state index in [1.165, 1.54) is 37.7 Å². The molecule has 1 amide bonds. The smallest absolute Gasteiger partial charge is 0.428 e. The number of carbonyl (C=O) groups excluding carboxylic acids is 1. The highest BCUT2D eigenvalue weighted by atomic mass is 35.5. The van der Waals surface area contributed by atoms with Crippen molar-refractivity contribution in [1.29, 1.82) is 0 Å². The molecular formula is C23H24ClF3N4O2S2. The van der Waals surface area contributed by atoms with E-state index in [0.717, 1.165) is 16.1 Å². The zero-order valence-electron chi connectivity index (χ0n) is 19.6. The monoisotopic (exact) mass is 544 g/mol. The molecule has 35 heavy (non-hydrogen) atoms. The van der Waals surface area contributed by atoms with E-state index in [0.29, 0.717) is 11.1 Å². The first-order valence-electron chi connectivity index (χ1n) is 10.5. The van der Waals surface area contributed by atoms with Crippen molar-refractivity contribution in [3.05, 3.63) is 58.4 Å². The molecule has 1 aliphatic rings. The van der Waals surface area contributed by atoms with Crippen LogP contribution in [0.5, 0.6) is 0 Å². The first-order valence-corrected chi connectivity index (χ1v) is 12.5. The van der Waals surface area contributed by atoms with Crippen LogP contribution in [0.3, 0.4) is 0 Å². The Hall–Kier alpha value is -2.24. The Labute approximate surface area is 215 Å². The molecule has 1 aromatic carbocycles. The maximum absolute atomic E-state index is 14.7. The summed E-state index contributed by atoms with van der Waals surface area (Å²) in [4.78, 5) is 24.1. The van der Waals surface area contributed by atoms with Crippen LogP contribution in [0.1, 0.15) is 50.4 Å². The third kappa shape index (κ3) is 6.92.